The Balaban J connectivity index is 1.79. The number of benzene rings is 3. The van der Waals surface area contributed by atoms with Gasteiger partial charge in [-0.2, -0.15) is 0 Å². The van der Waals surface area contributed by atoms with E-state index < -0.39 is 22.8 Å². The van der Waals surface area contributed by atoms with E-state index in [1.165, 1.54) is 0 Å². The summed E-state index contributed by atoms with van der Waals surface area (Å²) >= 11 is 6.02. The number of rotatable bonds is 11. The predicted molar refractivity (Wildman–Crippen MR) is 166 cm³/mol. The van der Waals surface area contributed by atoms with Crippen molar-refractivity contribution in [2.75, 3.05) is 6.61 Å². The number of carboxylic acid groups (broad SMARTS) is 1. The van der Waals surface area contributed by atoms with E-state index in [0.717, 1.165) is 5.56 Å². The number of ether oxygens (including phenoxy) is 1. The third kappa shape index (κ3) is 4.68. The molecule has 7 nitrogen and oxygen atoms in total. The number of carbonyl (C=O) groups is 4. The molecule has 1 atom stereocenters. The molecule has 1 heterocycles. The van der Waals surface area contributed by atoms with Gasteiger partial charge in [0.1, 0.15) is 17.5 Å². The number of hydrogen-bond donors (Lipinski definition) is 1. The van der Waals surface area contributed by atoms with Gasteiger partial charge < -0.3 is 19.1 Å². The van der Waals surface area contributed by atoms with E-state index >= 15 is 0 Å². The standard InChI is InChI=1S/C35H34O7S/c1-4-22-17-23(5-2)30-28(31(43)25-14-10-11-15-27(25)42-30)29(22)35(20-36,33(40)41-6-3)34(32(38)39)18-21(19-34)16-26(37)24-12-8-7-9-13-24/h7-15,17,20-21H,4-6,16,18-19H2,1-3H3,(H,38,39). The molecule has 0 radical (unpaired) electrons. The van der Waals surface area contributed by atoms with E-state index in [-0.39, 0.29) is 43.1 Å². The van der Waals surface area contributed by atoms with Gasteiger partial charge in [-0.15, -0.1) is 0 Å². The maximum Gasteiger partial charge on any atom is 0.325 e. The summed E-state index contributed by atoms with van der Waals surface area (Å²) in [5.74, 6) is -2.71. The van der Waals surface area contributed by atoms with Gasteiger partial charge in [-0.05, 0) is 67.3 Å². The summed E-state index contributed by atoms with van der Waals surface area (Å²) in [4.78, 5) is 54.1. The van der Waals surface area contributed by atoms with Gasteiger partial charge >= 0.3 is 11.9 Å². The van der Waals surface area contributed by atoms with Crippen LogP contribution < -0.4 is 0 Å². The third-order valence-electron chi connectivity index (χ3n) is 8.95. The van der Waals surface area contributed by atoms with Crippen molar-refractivity contribution in [1.29, 1.82) is 0 Å². The molecule has 5 rings (SSSR count). The third-order valence-corrected chi connectivity index (χ3v) is 9.37. The average molecular weight is 599 g/mol. The number of fused-ring (bicyclic) bond motifs is 2. The summed E-state index contributed by atoms with van der Waals surface area (Å²) in [6.07, 6.45) is 1.41. The fraction of sp³-hybridized carbons (Fsp3) is 0.343. The molecule has 0 aliphatic heterocycles. The smallest absolute Gasteiger partial charge is 0.325 e. The van der Waals surface area contributed by atoms with Crippen molar-refractivity contribution < 1.29 is 33.4 Å². The van der Waals surface area contributed by atoms with E-state index in [2.05, 4.69) is 0 Å². The van der Waals surface area contributed by atoms with Gasteiger partial charge in [0.2, 0.25) is 0 Å². The Labute approximate surface area is 254 Å². The van der Waals surface area contributed by atoms with Crippen molar-refractivity contribution in [2.24, 2.45) is 11.3 Å². The molecule has 1 aromatic heterocycles. The maximum absolute atomic E-state index is 14.2. The number of esters is 1. The van der Waals surface area contributed by atoms with E-state index in [0.29, 0.717) is 56.7 Å². The molecule has 3 aromatic carbocycles. The first-order valence-corrected chi connectivity index (χ1v) is 15.1. The number of hydrogen-bond acceptors (Lipinski definition) is 7. The second-order valence-electron chi connectivity index (χ2n) is 11.2. The van der Waals surface area contributed by atoms with Crippen molar-refractivity contribution in [3.63, 3.8) is 0 Å². The molecule has 8 heteroatoms. The second kappa shape index (κ2) is 11.8. The number of aryl methyl sites for hydroxylation is 2. The topological polar surface area (TPSA) is 111 Å². The van der Waals surface area contributed by atoms with E-state index in [1.54, 1.807) is 37.3 Å². The highest BCUT2D eigenvalue weighted by molar-refractivity contribution is 7.72. The molecular weight excluding hydrogens is 564 g/mol. The quantitative estimate of drug-likeness (QED) is 0.0482. The van der Waals surface area contributed by atoms with Crippen LogP contribution in [0.1, 0.15) is 67.1 Å². The summed E-state index contributed by atoms with van der Waals surface area (Å²) in [6.45, 7) is 5.42. The first-order chi connectivity index (χ1) is 20.7. The van der Waals surface area contributed by atoms with Gasteiger partial charge in [-0.1, -0.05) is 74.6 Å². The van der Waals surface area contributed by atoms with E-state index in [4.69, 9.17) is 21.4 Å². The molecule has 43 heavy (non-hydrogen) atoms. The summed E-state index contributed by atoms with van der Waals surface area (Å²) in [7, 11) is 0. The van der Waals surface area contributed by atoms with Crippen LogP contribution in [0.2, 0.25) is 0 Å². The number of para-hydroxylation sites is 1. The van der Waals surface area contributed by atoms with Gasteiger partial charge in [0.05, 0.1) is 16.5 Å². The minimum absolute atomic E-state index is 0.0550. The van der Waals surface area contributed by atoms with Gasteiger partial charge in [-0.3, -0.25) is 14.4 Å². The molecule has 1 aliphatic carbocycles. The maximum atomic E-state index is 14.2. The lowest BCUT2D eigenvalue weighted by Crippen LogP contribution is -2.63. The Morgan fingerprint density at radius 2 is 1.67 bits per heavy atom. The van der Waals surface area contributed by atoms with Gasteiger partial charge in [0.25, 0.3) is 0 Å². The van der Waals surface area contributed by atoms with Crippen molar-refractivity contribution >= 4 is 58.2 Å². The van der Waals surface area contributed by atoms with Crippen LogP contribution in [0.25, 0.3) is 21.9 Å². The molecule has 4 aromatic rings. The average Bonchev–Trinajstić information content (AvgIpc) is 3.00. The van der Waals surface area contributed by atoms with Crippen LogP contribution >= 0.6 is 12.2 Å². The molecule has 0 bridgehead atoms. The van der Waals surface area contributed by atoms with Crippen LogP contribution in [0, 0.1) is 15.8 Å². The second-order valence-corrected chi connectivity index (χ2v) is 11.6. The normalized spacial score (nSPS) is 19.4. The van der Waals surface area contributed by atoms with Crippen molar-refractivity contribution in [1.82, 2.24) is 0 Å². The Hall–Kier alpha value is -4.17. The summed E-state index contributed by atoms with van der Waals surface area (Å²) in [5.41, 5.74) is -0.904. The van der Waals surface area contributed by atoms with Gasteiger partial charge in [-0.25, -0.2) is 0 Å². The highest BCUT2D eigenvalue weighted by atomic mass is 32.1. The fourth-order valence-electron chi connectivity index (χ4n) is 6.84. The van der Waals surface area contributed by atoms with E-state index in [1.807, 2.05) is 44.2 Å². The lowest BCUT2D eigenvalue weighted by atomic mass is 9.46. The Morgan fingerprint density at radius 3 is 2.28 bits per heavy atom. The van der Waals surface area contributed by atoms with Crippen molar-refractivity contribution in [3.05, 3.63) is 87.4 Å². The lowest BCUT2D eigenvalue weighted by molar-refractivity contribution is -0.181. The zero-order valence-corrected chi connectivity index (χ0v) is 25.3. The summed E-state index contributed by atoms with van der Waals surface area (Å²) < 4.78 is 12.3. The molecule has 0 saturated heterocycles. The molecular formula is C35H34O7S. The first kappa shape index (κ1) is 30.3. The number of Topliss-reactive ketones (excluding diaryl/α,β-unsaturated/α-hetero) is 1. The Bertz CT molecular complexity index is 1800. The summed E-state index contributed by atoms with van der Waals surface area (Å²) in [5, 5.41) is 11.9. The van der Waals surface area contributed by atoms with Crippen LogP contribution in [0.4, 0.5) is 0 Å². The zero-order chi connectivity index (χ0) is 30.9. The van der Waals surface area contributed by atoms with Crippen LogP contribution in [-0.4, -0.2) is 35.7 Å². The molecule has 1 fully saturated rings. The first-order valence-electron chi connectivity index (χ1n) is 14.6. The number of aliphatic carboxylic acids is 1. The van der Waals surface area contributed by atoms with Crippen LogP contribution in [0.5, 0.6) is 0 Å². The zero-order valence-electron chi connectivity index (χ0n) is 24.5. The summed E-state index contributed by atoms with van der Waals surface area (Å²) in [6, 6.07) is 17.9. The minimum Gasteiger partial charge on any atom is -0.481 e. The van der Waals surface area contributed by atoms with Crippen molar-refractivity contribution in [3.8, 4) is 0 Å². The van der Waals surface area contributed by atoms with Crippen LogP contribution in [-0.2, 0) is 37.4 Å². The molecule has 1 saturated carbocycles. The molecule has 222 valence electrons. The van der Waals surface area contributed by atoms with Crippen LogP contribution in [0.15, 0.2) is 65.1 Å². The van der Waals surface area contributed by atoms with Crippen molar-refractivity contribution in [2.45, 2.75) is 58.3 Å². The monoisotopic (exact) mass is 598 g/mol. The lowest BCUT2D eigenvalue weighted by Gasteiger charge is -2.53. The highest BCUT2D eigenvalue weighted by Gasteiger charge is 2.69. The molecule has 0 amide bonds. The van der Waals surface area contributed by atoms with E-state index in [9.17, 15) is 24.3 Å². The fourth-order valence-corrected chi connectivity index (χ4v) is 7.20. The SMILES string of the molecule is CCOC(=O)C(C=O)(c1c(CC)cc(CC)c2oc3ccccc3c(=S)c12)C1(C(=O)O)CC(CC(=O)c2ccccc2)C1. The molecule has 0 spiro atoms. The number of ketones is 1. The van der Waals surface area contributed by atoms with Gasteiger partial charge in [0.15, 0.2) is 11.2 Å². The highest BCUT2D eigenvalue weighted by Crippen LogP contribution is 2.60. The van der Waals surface area contributed by atoms with Crippen LogP contribution in [0.3, 0.4) is 0 Å². The Morgan fingerprint density at radius 1 is 1.02 bits per heavy atom. The molecule has 1 N–H and O–H groups in total. The predicted octanol–water partition coefficient (Wildman–Crippen LogP) is 7.19. The number of aldehydes is 1. The Kier molecular flexibility index (Phi) is 8.34. The molecule has 1 unspecified atom stereocenters. The minimum atomic E-state index is -2.23. The number of carbonyl (C=O) groups excluding carboxylic acids is 3. The number of carboxylic acids is 1. The largest absolute Gasteiger partial charge is 0.481 e. The molecule has 1 aliphatic rings. The van der Waals surface area contributed by atoms with Gasteiger partial charge in [0, 0.05) is 22.8 Å².